The fraction of sp³-hybridized carbons (Fsp3) is 0.567. The number of carbonyl (C=O) groups is 1. The number of nitrogens with zero attached hydrogens (tertiary/aromatic N) is 1. The molecule has 3 aliphatic rings. The van der Waals surface area contributed by atoms with Crippen LogP contribution in [0.1, 0.15) is 75.2 Å². The van der Waals surface area contributed by atoms with Gasteiger partial charge in [0.25, 0.3) is 0 Å². The molecule has 3 unspecified atom stereocenters. The Morgan fingerprint density at radius 2 is 1.62 bits per heavy atom. The van der Waals surface area contributed by atoms with E-state index in [9.17, 15) is 22.4 Å². The number of fused-ring (bicyclic) bond motifs is 2. The van der Waals surface area contributed by atoms with Gasteiger partial charge in [-0.05, 0) is 84.6 Å². The van der Waals surface area contributed by atoms with Crippen LogP contribution in [0.2, 0.25) is 0 Å². The maximum atomic E-state index is 13.8. The minimum atomic E-state index is -4.55. The zero-order valence-corrected chi connectivity index (χ0v) is 21.4. The molecule has 0 aromatic heterocycles. The number of ether oxygens (including phenoxy) is 1. The lowest BCUT2D eigenvalue weighted by Crippen LogP contribution is -2.56. The van der Waals surface area contributed by atoms with Crippen molar-refractivity contribution in [3.8, 4) is 0 Å². The van der Waals surface area contributed by atoms with Crippen molar-refractivity contribution in [3.05, 3.63) is 71.0 Å². The molecule has 3 nitrogen and oxygen atoms in total. The third-order valence-corrected chi connectivity index (χ3v) is 8.53. The van der Waals surface area contributed by atoms with E-state index in [-0.39, 0.29) is 23.0 Å². The molecular formula is C30H35F4NO2. The van der Waals surface area contributed by atoms with Crippen molar-refractivity contribution in [2.45, 2.75) is 70.8 Å². The zero-order chi connectivity index (χ0) is 26.4. The summed E-state index contributed by atoms with van der Waals surface area (Å²) in [5.74, 6) is 1.63. The molecule has 5 rings (SSSR count). The molecule has 1 saturated heterocycles. The molecular weight excluding hydrogens is 482 g/mol. The topological polar surface area (TPSA) is 29.5 Å². The Bertz CT molecular complexity index is 1090. The molecule has 3 atom stereocenters. The van der Waals surface area contributed by atoms with Gasteiger partial charge in [-0.15, -0.1) is 0 Å². The molecule has 3 fully saturated rings. The second-order valence-corrected chi connectivity index (χ2v) is 11.9. The molecule has 2 aromatic rings. The Hall–Kier alpha value is -2.41. The summed E-state index contributed by atoms with van der Waals surface area (Å²) in [7, 11) is 0. The zero-order valence-electron chi connectivity index (χ0n) is 21.4. The van der Waals surface area contributed by atoms with Gasteiger partial charge in [0.15, 0.2) is 0 Å². The van der Waals surface area contributed by atoms with Crippen LogP contribution >= 0.6 is 0 Å². The standard InChI is InChI=1S/C30H35F4NO2/c1-19-11-21-12-20(2)14-29(13-19,15-21)16-27(36)35-17-24(18-35)37-28(22-7-9-23(31)10-8-22)25-5-3-4-6-26(25)30(32,33)34/h3-10,19-21,24,28H,11-18H2,1-2H3. The van der Waals surface area contributed by atoms with Gasteiger partial charge >= 0.3 is 6.18 Å². The molecule has 7 heteroatoms. The average molecular weight is 518 g/mol. The lowest BCUT2D eigenvalue weighted by atomic mass is 9.55. The average Bonchev–Trinajstić information content (AvgIpc) is 2.77. The Morgan fingerprint density at radius 3 is 2.24 bits per heavy atom. The van der Waals surface area contributed by atoms with E-state index < -0.39 is 23.7 Å². The molecule has 0 spiro atoms. The number of carbonyl (C=O) groups excluding carboxylic acids is 1. The number of likely N-dealkylation sites (tertiary alicyclic amines) is 1. The van der Waals surface area contributed by atoms with Gasteiger partial charge < -0.3 is 9.64 Å². The largest absolute Gasteiger partial charge is 0.416 e. The maximum absolute atomic E-state index is 13.8. The third kappa shape index (κ3) is 5.71. The fourth-order valence-corrected chi connectivity index (χ4v) is 7.43. The van der Waals surface area contributed by atoms with Crippen LogP contribution in [0.25, 0.3) is 0 Å². The summed E-state index contributed by atoms with van der Waals surface area (Å²) >= 11 is 0. The predicted molar refractivity (Wildman–Crippen MR) is 133 cm³/mol. The highest BCUT2D eigenvalue weighted by Crippen LogP contribution is 2.54. The van der Waals surface area contributed by atoms with E-state index in [4.69, 9.17) is 4.74 Å². The summed E-state index contributed by atoms with van der Waals surface area (Å²) in [4.78, 5) is 15.1. The summed E-state index contributed by atoms with van der Waals surface area (Å²) in [6.45, 7) is 5.30. The van der Waals surface area contributed by atoms with Crippen molar-refractivity contribution in [3.63, 3.8) is 0 Å². The molecule has 200 valence electrons. The monoisotopic (exact) mass is 517 g/mol. The minimum Gasteiger partial charge on any atom is -0.362 e. The van der Waals surface area contributed by atoms with Gasteiger partial charge in [0.1, 0.15) is 11.9 Å². The van der Waals surface area contributed by atoms with Gasteiger partial charge in [0, 0.05) is 19.5 Å². The van der Waals surface area contributed by atoms with Gasteiger partial charge in [0.2, 0.25) is 5.91 Å². The Morgan fingerprint density at radius 1 is 1.00 bits per heavy atom. The SMILES string of the molecule is CC1CC2CC(C)CC(CC(=O)N3CC(OC(c4ccc(F)cc4)c4ccccc4C(F)(F)F)C3)(C1)C2. The summed E-state index contributed by atoms with van der Waals surface area (Å²) < 4.78 is 61.2. The second kappa shape index (κ2) is 10.0. The van der Waals surface area contributed by atoms with Crippen LogP contribution in [0.3, 0.4) is 0 Å². The van der Waals surface area contributed by atoms with Crippen LogP contribution in [-0.2, 0) is 15.7 Å². The highest BCUT2D eigenvalue weighted by atomic mass is 19.4. The first-order chi connectivity index (χ1) is 17.5. The van der Waals surface area contributed by atoms with Gasteiger partial charge in [0.05, 0.1) is 11.7 Å². The summed E-state index contributed by atoms with van der Waals surface area (Å²) in [5, 5.41) is 0. The van der Waals surface area contributed by atoms with E-state index in [2.05, 4.69) is 13.8 Å². The highest BCUT2D eigenvalue weighted by Gasteiger charge is 2.47. The molecule has 0 radical (unpaired) electrons. The quantitative estimate of drug-likeness (QED) is 0.374. The van der Waals surface area contributed by atoms with Gasteiger partial charge in [-0.2, -0.15) is 13.2 Å². The third-order valence-electron chi connectivity index (χ3n) is 8.53. The van der Waals surface area contributed by atoms with Crippen molar-refractivity contribution >= 4 is 5.91 Å². The number of halogens is 4. The Labute approximate surface area is 216 Å². The van der Waals surface area contributed by atoms with Gasteiger partial charge in [-0.25, -0.2) is 4.39 Å². The van der Waals surface area contributed by atoms with Crippen molar-refractivity contribution in [1.82, 2.24) is 4.90 Å². The lowest BCUT2D eigenvalue weighted by Gasteiger charge is -2.51. The summed E-state index contributed by atoms with van der Waals surface area (Å²) in [6, 6.07) is 10.7. The number of benzene rings is 2. The van der Waals surface area contributed by atoms with Gasteiger partial charge in [-0.3, -0.25) is 4.79 Å². The van der Waals surface area contributed by atoms with Crippen LogP contribution in [0, 0.1) is 29.0 Å². The number of alkyl halides is 3. The van der Waals surface area contributed by atoms with Crippen LogP contribution in [0.4, 0.5) is 17.6 Å². The van der Waals surface area contributed by atoms with E-state index in [1.165, 1.54) is 49.2 Å². The van der Waals surface area contributed by atoms with Crippen molar-refractivity contribution in [2.75, 3.05) is 13.1 Å². The van der Waals surface area contributed by atoms with E-state index in [1.807, 2.05) is 0 Å². The number of rotatable bonds is 6. The summed E-state index contributed by atoms with van der Waals surface area (Å²) in [5.41, 5.74) is -0.266. The fourth-order valence-electron chi connectivity index (χ4n) is 7.43. The molecule has 1 amide bonds. The first kappa shape index (κ1) is 26.2. The van der Waals surface area contributed by atoms with E-state index in [1.54, 1.807) is 11.0 Å². The molecule has 1 heterocycles. The molecule has 2 aliphatic carbocycles. The van der Waals surface area contributed by atoms with Crippen LogP contribution in [0.15, 0.2) is 48.5 Å². The molecule has 37 heavy (non-hydrogen) atoms. The molecule has 2 saturated carbocycles. The molecule has 1 aliphatic heterocycles. The Kier molecular flexibility index (Phi) is 7.12. The molecule has 0 N–H and O–H groups in total. The first-order valence-electron chi connectivity index (χ1n) is 13.4. The number of hydrogen-bond acceptors (Lipinski definition) is 2. The summed E-state index contributed by atoms with van der Waals surface area (Å²) in [6.07, 6.45) is 0.409. The minimum absolute atomic E-state index is 0.0105. The van der Waals surface area contributed by atoms with Crippen LogP contribution < -0.4 is 0 Å². The van der Waals surface area contributed by atoms with Crippen LogP contribution in [-0.4, -0.2) is 30.0 Å². The molecule has 2 bridgehead atoms. The Balaban J connectivity index is 1.29. The highest BCUT2D eigenvalue weighted by molar-refractivity contribution is 5.78. The van der Waals surface area contributed by atoms with Crippen molar-refractivity contribution in [1.29, 1.82) is 0 Å². The molecule has 2 aromatic carbocycles. The lowest BCUT2D eigenvalue weighted by molar-refractivity contribution is -0.154. The van der Waals surface area contributed by atoms with Gasteiger partial charge in [-0.1, -0.05) is 44.2 Å². The second-order valence-electron chi connectivity index (χ2n) is 11.9. The van der Waals surface area contributed by atoms with Crippen LogP contribution in [0.5, 0.6) is 0 Å². The number of hydrogen-bond donors (Lipinski definition) is 0. The van der Waals surface area contributed by atoms with Crippen molar-refractivity contribution < 1.29 is 27.1 Å². The number of amides is 1. The predicted octanol–water partition coefficient (Wildman–Crippen LogP) is 7.40. The maximum Gasteiger partial charge on any atom is 0.416 e. The normalized spacial score (nSPS) is 29.0. The first-order valence-corrected chi connectivity index (χ1v) is 13.4. The van der Waals surface area contributed by atoms with Crippen molar-refractivity contribution in [2.24, 2.45) is 23.2 Å². The van der Waals surface area contributed by atoms with E-state index in [0.29, 0.717) is 42.8 Å². The smallest absolute Gasteiger partial charge is 0.362 e. The van der Waals surface area contributed by atoms with E-state index in [0.717, 1.165) is 25.3 Å². The van der Waals surface area contributed by atoms with E-state index >= 15 is 0 Å².